The van der Waals surface area contributed by atoms with Gasteiger partial charge in [-0.1, -0.05) is 19.9 Å². The molecule has 1 aromatic heterocycles. The molecule has 0 bridgehead atoms. The van der Waals surface area contributed by atoms with Gasteiger partial charge in [-0.15, -0.1) is 0 Å². The summed E-state index contributed by atoms with van der Waals surface area (Å²) in [5.74, 6) is 0.694. The highest BCUT2D eigenvalue weighted by atomic mass is 14.9. The second-order valence-corrected chi connectivity index (χ2v) is 3.81. The van der Waals surface area contributed by atoms with Crippen LogP contribution in [0.3, 0.4) is 0 Å². The van der Waals surface area contributed by atoms with Gasteiger partial charge in [-0.05, 0) is 31.0 Å². The Labute approximate surface area is 80.4 Å². The van der Waals surface area contributed by atoms with Gasteiger partial charge in [-0.3, -0.25) is 4.98 Å². The molecule has 0 saturated heterocycles. The van der Waals surface area contributed by atoms with Crippen LogP contribution in [0.15, 0.2) is 24.5 Å². The Morgan fingerprint density at radius 2 is 2.15 bits per heavy atom. The van der Waals surface area contributed by atoms with E-state index in [-0.39, 0.29) is 0 Å². The van der Waals surface area contributed by atoms with Crippen molar-refractivity contribution in [3.8, 4) is 0 Å². The van der Waals surface area contributed by atoms with Gasteiger partial charge in [0.25, 0.3) is 0 Å². The monoisotopic (exact) mass is 178 g/mol. The first kappa shape index (κ1) is 10.2. The quantitative estimate of drug-likeness (QED) is 0.765. The lowest BCUT2D eigenvalue weighted by atomic mass is 10.1. The van der Waals surface area contributed by atoms with Crippen molar-refractivity contribution >= 4 is 0 Å². The summed E-state index contributed by atoms with van der Waals surface area (Å²) in [6, 6.07) is 4.48. The Morgan fingerprint density at radius 3 is 2.69 bits per heavy atom. The van der Waals surface area contributed by atoms with Crippen molar-refractivity contribution in [3.05, 3.63) is 30.1 Å². The lowest BCUT2D eigenvalue weighted by Gasteiger charge is -2.15. The van der Waals surface area contributed by atoms with E-state index in [2.05, 4.69) is 37.1 Å². The van der Waals surface area contributed by atoms with Crippen LogP contribution in [0, 0.1) is 5.92 Å². The molecule has 2 heteroatoms. The van der Waals surface area contributed by atoms with Gasteiger partial charge in [-0.25, -0.2) is 0 Å². The van der Waals surface area contributed by atoms with Crippen LogP contribution in [-0.2, 0) is 0 Å². The maximum absolute atomic E-state index is 4.09. The summed E-state index contributed by atoms with van der Waals surface area (Å²) in [6.07, 6.45) is 3.72. The van der Waals surface area contributed by atoms with Gasteiger partial charge in [0.15, 0.2) is 0 Å². The second kappa shape index (κ2) is 4.97. The predicted octanol–water partition coefficient (Wildman–Crippen LogP) is 2.39. The normalized spacial score (nSPS) is 13.2. The Balaban J connectivity index is 2.44. The molecule has 0 radical (unpaired) electrons. The van der Waals surface area contributed by atoms with E-state index in [1.165, 1.54) is 5.56 Å². The molecule has 0 saturated carbocycles. The van der Waals surface area contributed by atoms with E-state index in [0.717, 1.165) is 6.54 Å². The number of hydrogen-bond donors (Lipinski definition) is 1. The molecular weight excluding hydrogens is 160 g/mol. The first-order chi connectivity index (χ1) is 6.20. The van der Waals surface area contributed by atoms with Gasteiger partial charge < -0.3 is 5.32 Å². The summed E-state index contributed by atoms with van der Waals surface area (Å²) in [7, 11) is 0. The third-order valence-electron chi connectivity index (χ3n) is 2.02. The highest BCUT2D eigenvalue weighted by molar-refractivity contribution is 5.12. The largest absolute Gasteiger partial charge is 0.310 e. The van der Waals surface area contributed by atoms with Gasteiger partial charge >= 0.3 is 0 Å². The summed E-state index contributed by atoms with van der Waals surface area (Å²) < 4.78 is 0. The summed E-state index contributed by atoms with van der Waals surface area (Å²) in [6.45, 7) is 7.64. The molecule has 1 aromatic rings. The molecule has 1 atom stereocenters. The van der Waals surface area contributed by atoms with Crippen molar-refractivity contribution in [2.24, 2.45) is 5.92 Å². The Morgan fingerprint density at radius 1 is 1.38 bits per heavy atom. The van der Waals surface area contributed by atoms with E-state index in [9.17, 15) is 0 Å². The number of aromatic nitrogens is 1. The second-order valence-electron chi connectivity index (χ2n) is 3.81. The van der Waals surface area contributed by atoms with E-state index < -0.39 is 0 Å². The number of rotatable bonds is 4. The predicted molar refractivity (Wildman–Crippen MR) is 55.5 cm³/mol. The molecule has 0 aliphatic carbocycles. The lowest BCUT2D eigenvalue weighted by Crippen LogP contribution is -2.23. The van der Waals surface area contributed by atoms with Crippen molar-refractivity contribution in [1.29, 1.82) is 0 Å². The van der Waals surface area contributed by atoms with E-state index in [1.807, 2.05) is 12.3 Å². The average Bonchev–Trinajstić information content (AvgIpc) is 2.15. The third kappa shape index (κ3) is 3.55. The van der Waals surface area contributed by atoms with Crippen LogP contribution in [0.4, 0.5) is 0 Å². The minimum atomic E-state index is 0.399. The molecule has 0 aliphatic heterocycles. The van der Waals surface area contributed by atoms with E-state index in [4.69, 9.17) is 0 Å². The molecule has 0 fully saturated rings. The minimum absolute atomic E-state index is 0.399. The fourth-order valence-electron chi connectivity index (χ4n) is 1.16. The zero-order chi connectivity index (χ0) is 9.68. The van der Waals surface area contributed by atoms with Gasteiger partial charge in [0.2, 0.25) is 0 Å². The summed E-state index contributed by atoms with van der Waals surface area (Å²) in [5.41, 5.74) is 1.25. The Hall–Kier alpha value is -0.890. The van der Waals surface area contributed by atoms with Gasteiger partial charge in [0.1, 0.15) is 0 Å². The van der Waals surface area contributed by atoms with Crippen molar-refractivity contribution in [2.75, 3.05) is 6.54 Å². The lowest BCUT2D eigenvalue weighted by molar-refractivity contribution is 0.495. The van der Waals surface area contributed by atoms with Gasteiger partial charge in [0.05, 0.1) is 0 Å². The highest BCUT2D eigenvalue weighted by Gasteiger charge is 2.04. The van der Waals surface area contributed by atoms with Crippen LogP contribution in [0.1, 0.15) is 32.4 Å². The van der Waals surface area contributed by atoms with Gasteiger partial charge in [0, 0.05) is 18.4 Å². The molecule has 1 unspecified atom stereocenters. The van der Waals surface area contributed by atoms with E-state index >= 15 is 0 Å². The number of pyridine rings is 1. The van der Waals surface area contributed by atoms with Crippen molar-refractivity contribution in [1.82, 2.24) is 10.3 Å². The zero-order valence-electron chi connectivity index (χ0n) is 8.62. The summed E-state index contributed by atoms with van der Waals surface area (Å²) in [5, 5.41) is 3.46. The fourth-order valence-corrected chi connectivity index (χ4v) is 1.16. The molecule has 1 N–H and O–H groups in total. The molecule has 13 heavy (non-hydrogen) atoms. The molecule has 72 valence electrons. The number of nitrogens with zero attached hydrogens (tertiary/aromatic N) is 1. The number of nitrogens with one attached hydrogen (secondary N) is 1. The Bertz CT molecular complexity index is 231. The molecule has 1 rings (SSSR count). The van der Waals surface area contributed by atoms with E-state index in [0.29, 0.717) is 12.0 Å². The molecular formula is C11H18N2. The Kier molecular flexibility index (Phi) is 3.90. The smallest absolute Gasteiger partial charge is 0.0315 e. The molecule has 0 aromatic carbocycles. The molecule has 0 aliphatic rings. The summed E-state index contributed by atoms with van der Waals surface area (Å²) in [4.78, 5) is 4.09. The van der Waals surface area contributed by atoms with Gasteiger partial charge in [-0.2, -0.15) is 0 Å². The minimum Gasteiger partial charge on any atom is -0.310 e. The fraction of sp³-hybridized carbons (Fsp3) is 0.545. The maximum atomic E-state index is 4.09. The van der Waals surface area contributed by atoms with Crippen molar-refractivity contribution in [3.63, 3.8) is 0 Å². The van der Waals surface area contributed by atoms with E-state index in [1.54, 1.807) is 6.20 Å². The van der Waals surface area contributed by atoms with Crippen LogP contribution in [-0.4, -0.2) is 11.5 Å². The SMILES string of the molecule is CC(C)CNC(C)c1cccnc1. The molecule has 0 amide bonds. The standard InChI is InChI=1S/C11H18N2/c1-9(2)7-13-10(3)11-5-4-6-12-8-11/h4-6,8-10,13H,7H2,1-3H3. The zero-order valence-corrected chi connectivity index (χ0v) is 8.62. The van der Waals surface area contributed by atoms with Crippen molar-refractivity contribution < 1.29 is 0 Å². The molecule has 0 spiro atoms. The van der Waals surface area contributed by atoms with Crippen LogP contribution in [0.25, 0.3) is 0 Å². The third-order valence-corrected chi connectivity index (χ3v) is 2.02. The first-order valence-corrected chi connectivity index (χ1v) is 4.83. The summed E-state index contributed by atoms with van der Waals surface area (Å²) >= 11 is 0. The number of hydrogen-bond acceptors (Lipinski definition) is 2. The average molecular weight is 178 g/mol. The van der Waals surface area contributed by atoms with Crippen molar-refractivity contribution in [2.45, 2.75) is 26.8 Å². The van der Waals surface area contributed by atoms with Crippen LogP contribution in [0.5, 0.6) is 0 Å². The topological polar surface area (TPSA) is 24.9 Å². The maximum Gasteiger partial charge on any atom is 0.0315 e. The van der Waals surface area contributed by atoms with Crippen LogP contribution >= 0.6 is 0 Å². The first-order valence-electron chi connectivity index (χ1n) is 4.83. The van der Waals surface area contributed by atoms with Crippen LogP contribution in [0.2, 0.25) is 0 Å². The van der Waals surface area contributed by atoms with Crippen LogP contribution < -0.4 is 5.32 Å². The molecule has 1 heterocycles. The highest BCUT2D eigenvalue weighted by Crippen LogP contribution is 2.09. The molecule has 2 nitrogen and oxygen atoms in total.